The Kier molecular flexibility index (Phi) is 3.87. The Labute approximate surface area is 97.9 Å². The second kappa shape index (κ2) is 4.79. The van der Waals surface area contributed by atoms with Crippen LogP contribution in [0, 0.1) is 5.92 Å². The van der Waals surface area contributed by atoms with Gasteiger partial charge in [0.15, 0.2) is 5.78 Å². The molecule has 1 aromatic rings. The van der Waals surface area contributed by atoms with Crippen molar-refractivity contribution in [3.63, 3.8) is 0 Å². The monoisotopic (exact) mass is 219 g/mol. The van der Waals surface area contributed by atoms with Crippen LogP contribution in [-0.2, 0) is 5.41 Å². The standard InChI is InChI=1S/C14H21NO/c1-10(9-15)13(16)11-5-7-12(8-6-11)14(2,3)4/h5-8,10H,9,15H2,1-4H3. The fraction of sp³-hybridized carbons (Fsp3) is 0.500. The Morgan fingerprint density at radius 2 is 1.75 bits per heavy atom. The molecule has 1 atom stereocenters. The lowest BCUT2D eigenvalue weighted by Crippen LogP contribution is -2.20. The van der Waals surface area contributed by atoms with Crippen molar-refractivity contribution in [1.29, 1.82) is 0 Å². The minimum atomic E-state index is -0.0968. The van der Waals surface area contributed by atoms with Crippen LogP contribution in [0.2, 0.25) is 0 Å². The molecule has 1 rings (SSSR count). The second-order valence-corrected chi connectivity index (χ2v) is 5.33. The van der Waals surface area contributed by atoms with Crippen LogP contribution in [0.3, 0.4) is 0 Å². The van der Waals surface area contributed by atoms with Crippen molar-refractivity contribution in [2.75, 3.05) is 6.54 Å². The Balaban J connectivity index is 2.91. The number of nitrogens with two attached hydrogens (primary N) is 1. The summed E-state index contributed by atoms with van der Waals surface area (Å²) < 4.78 is 0. The van der Waals surface area contributed by atoms with E-state index in [0.717, 1.165) is 5.56 Å². The lowest BCUT2D eigenvalue weighted by Gasteiger charge is -2.19. The van der Waals surface area contributed by atoms with Crippen molar-refractivity contribution in [1.82, 2.24) is 0 Å². The van der Waals surface area contributed by atoms with Gasteiger partial charge in [-0.25, -0.2) is 0 Å². The second-order valence-electron chi connectivity index (χ2n) is 5.33. The van der Waals surface area contributed by atoms with Crippen LogP contribution in [0.15, 0.2) is 24.3 Å². The minimum Gasteiger partial charge on any atom is -0.330 e. The van der Waals surface area contributed by atoms with Crippen LogP contribution in [0.1, 0.15) is 43.6 Å². The Hall–Kier alpha value is -1.15. The van der Waals surface area contributed by atoms with Gasteiger partial charge < -0.3 is 5.73 Å². The maximum absolute atomic E-state index is 11.9. The van der Waals surface area contributed by atoms with E-state index in [4.69, 9.17) is 5.73 Å². The Morgan fingerprint density at radius 1 is 1.25 bits per heavy atom. The van der Waals surface area contributed by atoms with E-state index in [0.29, 0.717) is 6.54 Å². The summed E-state index contributed by atoms with van der Waals surface area (Å²) in [6.45, 7) is 8.74. The molecule has 0 heterocycles. The van der Waals surface area contributed by atoms with Gasteiger partial charge in [-0.1, -0.05) is 52.0 Å². The quantitative estimate of drug-likeness (QED) is 0.794. The summed E-state index contributed by atoms with van der Waals surface area (Å²) in [5, 5.41) is 0. The molecule has 0 saturated heterocycles. The van der Waals surface area contributed by atoms with E-state index in [1.54, 1.807) is 0 Å². The lowest BCUT2D eigenvalue weighted by molar-refractivity contribution is 0.0934. The fourth-order valence-electron chi connectivity index (χ4n) is 1.53. The van der Waals surface area contributed by atoms with Crippen molar-refractivity contribution in [2.45, 2.75) is 33.1 Å². The molecule has 0 amide bonds. The van der Waals surface area contributed by atoms with Crippen LogP contribution >= 0.6 is 0 Å². The van der Waals surface area contributed by atoms with Crippen molar-refractivity contribution in [3.8, 4) is 0 Å². The summed E-state index contributed by atoms with van der Waals surface area (Å²) in [7, 11) is 0. The van der Waals surface area contributed by atoms with Gasteiger partial charge in [-0.2, -0.15) is 0 Å². The normalized spacial score (nSPS) is 13.6. The molecular weight excluding hydrogens is 198 g/mol. The van der Waals surface area contributed by atoms with Gasteiger partial charge in [-0.05, 0) is 11.0 Å². The topological polar surface area (TPSA) is 43.1 Å². The fourth-order valence-corrected chi connectivity index (χ4v) is 1.53. The molecule has 0 spiro atoms. The molecule has 16 heavy (non-hydrogen) atoms. The molecule has 88 valence electrons. The number of hydrogen-bond acceptors (Lipinski definition) is 2. The number of hydrogen-bond donors (Lipinski definition) is 1. The SMILES string of the molecule is CC(CN)C(=O)c1ccc(C(C)(C)C)cc1. The van der Waals surface area contributed by atoms with Crippen LogP contribution in [0.4, 0.5) is 0 Å². The number of carbonyl (C=O) groups excluding carboxylic acids is 1. The van der Waals surface area contributed by atoms with Gasteiger partial charge in [-0.15, -0.1) is 0 Å². The van der Waals surface area contributed by atoms with Gasteiger partial charge in [0.05, 0.1) is 0 Å². The summed E-state index contributed by atoms with van der Waals surface area (Å²) >= 11 is 0. The van der Waals surface area contributed by atoms with Gasteiger partial charge >= 0.3 is 0 Å². The molecule has 2 nitrogen and oxygen atoms in total. The molecule has 0 radical (unpaired) electrons. The van der Waals surface area contributed by atoms with Gasteiger partial charge in [0.2, 0.25) is 0 Å². The van der Waals surface area contributed by atoms with E-state index in [-0.39, 0.29) is 17.1 Å². The molecule has 1 aromatic carbocycles. The van der Waals surface area contributed by atoms with E-state index in [9.17, 15) is 4.79 Å². The molecule has 0 aliphatic carbocycles. The molecule has 0 saturated carbocycles. The highest BCUT2D eigenvalue weighted by atomic mass is 16.1. The molecule has 0 bridgehead atoms. The molecule has 2 heteroatoms. The van der Waals surface area contributed by atoms with Gasteiger partial charge in [0.1, 0.15) is 0 Å². The number of carbonyl (C=O) groups is 1. The van der Waals surface area contributed by atoms with Crippen molar-refractivity contribution in [3.05, 3.63) is 35.4 Å². The Bertz CT molecular complexity index is 359. The third kappa shape index (κ3) is 2.92. The summed E-state index contributed by atoms with van der Waals surface area (Å²) in [6, 6.07) is 7.84. The largest absolute Gasteiger partial charge is 0.330 e. The maximum atomic E-state index is 11.9. The van der Waals surface area contributed by atoms with Gasteiger partial charge in [0.25, 0.3) is 0 Å². The first-order chi connectivity index (χ1) is 7.36. The first kappa shape index (κ1) is 12.9. The highest BCUT2D eigenvalue weighted by molar-refractivity contribution is 5.97. The Morgan fingerprint density at radius 3 is 2.12 bits per heavy atom. The first-order valence-electron chi connectivity index (χ1n) is 5.71. The molecule has 0 aliphatic rings. The van der Waals surface area contributed by atoms with Gasteiger partial charge in [0, 0.05) is 18.0 Å². The minimum absolute atomic E-state index is 0.0968. The summed E-state index contributed by atoms with van der Waals surface area (Å²) in [4.78, 5) is 11.9. The molecule has 1 unspecified atom stereocenters. The zero-order valence-electron chi connectivity index (χ0n) is 10.6. The average Bonchev–Trinajstić information content (AvgIpc) is 2.26. The third-order valence-corrected chi connectivity index (χ3v) is 2.84. The predicted octanol–water partition coefficient (Wildman–Crippen LogP) is 2.76. The molecule has 0 fully saturated rings. The van der Waals surface area contributed by atoms with E-state index in [2.05, 4.69) is 20.8 Å². The van der Waals surface area contributed by atoms with Crippen molar-refractivity contribution in [2.24, 2.45) is 11.7 Å². The summed E-state index contributed by atoms with van der Waals surface area (Å²) in [5.74, 6) is 0.0310. The smallest absolute Gasteiger partial charge is 0.166 e. The van der Waals surface area contributed by atoms with E-state index < -0.39 is 0 Å². The van der Waals surface area contributed by atoms with Crippen LogP contribution in [0.5, 0.6) is 0 Å². The van der Waals surface area contributed by atoms with E-state index in [1.807, 2.05) is 31.2 Å². The van der Waals surface area contributed by atoms with Crippen molar-refractivity contribution >= 4 is 5.78 Å². The van der Waals surface area contributed by atoms with Gasteiger partial charge in [-0.3, -0.25) is 4.79 Å². The number of ketones is 1. The zero-order valence-corrected chi connectivity index (χ0v) is 10.6. The summed E-state index contributed by atoms with van der Waals surface area (Å²) in [5.41, 5.74) is 7.61. The van der Waals surface area contributed by atoms with E-state index >= 15 is 0 Å². The predicted molar refractivity (Wildman–Crippen MR) is 67.7 cm³/mol. The van der Waals surface area contributed by atoms with Crippen LogP contribution in [0.25, 0.3) is 0 Å². The maximum Gasteiger partial charge on any atom is 0.166 e. The number of rotatable bonds is 3. The molecule has 2 N–H and O–H groups in total. The first-order valence-corrected chi connectivity index (χ1v) is 5.71. The average molecular weight is 219 g/mol. The highest BCUT2D eigenvalue weighted by Crippen LogP contribution is 2.22. The van der Waals surface area contributed by atoms with Crippen LogP contribution in [-0.4, -0.2) is 12.3 Å². The van der Waals surface area contributed by atoms with E-state index in [1.165, 1.54) is 5.56 Å². The highest BCUT2D eigenvalue weighted by Gasteiger charge is 2.16. The summed E-state index contributed by atoms with van der Waals surface area (Å²) in [6.07, 6.45) is 0. The number of Topliss-reactive ketones (excluding diaryl/α,β-unsaturated/α-hetero) is 1. The molecule has 0 aliphatic heterocycles. The lowest BCUT2D eigenvalue weighted by atomic mass is 9.86. The number of benzene rings is 1. The van der Waals surface area contributed by atoms with Crippen LogP contribution < -0.4 is 5.73 Å². The molecule has 0 aromatic heterocycles. The third-order valence-electron chi connectivity index (χ3n) is 2.84. The van der Waals surface area contributed by atoms with Crippen molar-refractivity contribution < 1.29 is 4.79 Å². The molecular formula is C14H21NO. The zero-order chi connectivity index (χ0) is 12.3.